The lowest BCUT2D eigenvalue weighted by Crippen LogP contribution is -2.51. The quantitative estimate of drug-likeness (QED) is 0.787. The maximum Gasteiger partial charge on any atom is 0.228 e. The zero-order valence-corrected chi connectivity index (χ0v) is 11.2. The number of amides is 1. The number of nitrogens with one attached hydrogen (secondary N) is 1. The van der Waals surface area contributed by atoms with Crippen LogP contribution in [-0.2, 0) is 9.53 Å². The molecule has 1 atom stereocenters. The molecule has 4 nitrogen and oxygen atoms in total. The van der Waals surface area contributed by atoms with Crippen molar-refractivity contribution in [2.45, 2.75) is 20.8 Å². The maximum atomic E-state index is 12.2. The second-order valence-corrected chi connectivity index (χ2v) is 5.92. The average Bonchev–Trinajstić information content (AvgIpc) is 2.48. The van der Waals surface area contributed by atoms with Gasteiger partial charge in [0.25, 0.3) is 0 Å². The van der Waals surface area contributed by atoms with Gasteiger partial charge in [-0.3, -0.25) is 4.79 Å². The summed E-state index contributed by atoms with van der Waals surface area (Å²) >= 11 is 0. The lowest BCUT2D eigenvalue weighted by molar-refractivity contribution is -0.136. The second-order valence-electron chi connectivity index (χ2n) is 5.92. The summed E-state index contributed by atoms with van der Waals surface area (Å²) < 4.78 is 5.53. The summed E-state index contributed by atoms with van der Waals surface area (Å²) in [6.45, 7) is 11.5. The molecule has 1 amide bonds. The van der Waals surface area contributed by atoms with Crippen molar-refractivity contribution >= 4 is 5.91 Å². The van der Waals surface area contributed by atoms with Gasteiger partial charge in [0.1, 0.15) is 0 Å². The van der Waals surface area contributed by atoms with E-state index in [-0.39, 0.29) is 11.3 Å². The monoisotopic (exact) mass is 240 g/mol. The van der Waals surface area contributed by atoms with Crippen LogP contribution in [0, 0.1) is 17.3 Å². The first-order valence-electron chi connectivity index (χ1n) is 6.62. The van der Waals surface area contributed by atoms with Crippen molar-refractivity contribution in [3.63, 3.8) is 0 Å². The van der Waals surface area contributed by atoms with Crippen LogP contribution in [0.2, 0.25) is 0 Å². The lowest BCUT2D eigenvalue weighted by atomic mass is 9.83. The molecule has 98 valence electrons. The van der Waals surface area contributed by atoms with E-state index < -0.39 is 0 Å². The fraction of sp³-hybridized carbons (Fsp3) is 0.923. The molecule has 2 aliphatic heterocycles. The number of hydrogen-bond donors (Lipinski definition) is 1. The Labute approximate surface area is 104 Å². The van der Waals surface area contributed by atoms with Crippen molar-refractivity contribution in [2.75, 3.05) is 39.4 Å². The molecule has 2 aliphatic rings. The molecule has 17 heavy (non-hydrogen) atoms. The molecule has 4 heteroatoms. The van der Waals surface area contributed by atoms with E-state index in [0.29, 0.717) is 11.8 Å². The van der Waals surface area contributed by atoms with E-state index in [1.165, 1.54) is 0 Å². The van der Waals surface area contributed by atoms with E-state index in [1.54, 1.807) is 0 Å². The zero-order valence-electron chi connectivity index (χ0n) is 11.2. The Hall–Kier alpha value is -0.610. The Morgan fingerprint density at radius 2 is 2.18 bits per heavy atom. The topological polar surface area (TPSA) is 41.6 Å². The summed E-state index contributed by atoms with van der Waals surface area (Å²) in [5.74, 6) is 1.02. The number of rotatable bonds is 4. The summed E-state index contributed by atoms with van der Waals surface area (Å²) in [5, 5.41) is 3.16. The zero-order chi connectivity index (χ0) is 12.5. The molecule has 0 aromatic heterocycles. The third-order valence-corrected chi connectivity index (χ3v) is 4.11. The maximum absolute atomic E-state index is 12.2. The highest BCUT2D eigenvalue weighted by molar-refractivity contribution is 5.80. The van der Waals surface area contributed by atoms with E-state index in [4.69, 9.17) is 4.74 Å². The van der Waals surface area contributed by atoms with Crippen LogP contribution in [0.25, 0.3) is 0 Å². The fourth-order valence-electron chi connectivity index (χ4n) is 2.63. The van der Waals surface area contributed by atoms with Gasteiger partial charge < -0.3 is 15.0 Å². The molecule has 0 saturated carbocycles. The molecule has 1 N–H and O–H groups in total. The van der Waals surface area contributed by atoms with Crippen LogP contribution in [0.3, 0.4) is 0 Å². The van der Waals surface area contributed by atoms with Gasteiger partial charge in [0.15, 0.2) is 0 Å². The Kier molecular flexibility index (Phi) is 3.73. The third-order valence-electron chi connectivity index (χ3n) is 4.11. The molecule has 0 radical (unpaired) electrons. The molecule has 0 aliphatic carbocycles. The molecule has 0 aromatic rings. The Balaban J connectivity index is 1.92. The predicted octanol–water partition coefficient (Wildman–Crippen LogP) is 0.727. The van der Waals surface area contributed by atoms with Crippen LogP contribution in [0.4, 0.5) is 0 Å². The average molecular weight is 240 g/mol. The molecule has 2 fully saturated rings. The van der Waals surface area contributed by atoms with Crippen molar-refractivity contribution < 1.29 is 9.53 Å². The standard InChI is InChI=1S/C13H24N2O2/c1-4-17-8-11-7-15(9-13(11,2)3)12(16)10-5-14-6-10/h10-11,14H,4-9H2,1-3H3. The summed E-state index contributed by atoms with van der Waals surface area (Å²) in [7, 11) is 0. The van der Waals surface area contributed by atoms with Gasteiger partial charge in [-0.15, -0.1) is 0 Å². The van der Waals surface area contributed by atoms with Gasteiger partial charge in [0, 0.05) is 38.7 Å². The normalized spacial score (nSPS) is 28.2. The SMILES string of the molecule is CCOCC1CN(C(=O)C2CNC2)CC1(C)C. The van der Waals surface area contributed by atoms with Crippen LogP contribution >= 0.6 is 0 Å². The summed E-state index contributed by atoms with van der Waals surface area (Å²) in [5.41, 5.74) is 0.183. The van der Waals surface area contributed by atoms with Gasteiger partial charge in [-0.05, 0) is 12.3 Å². The van der Waals surface area contributed by atoms with Crippen molar-refractivity contribution in [1.29, 1.82) is 0 Å². The van der Waals surface area contributed by atoms with Gasteiger partial charge in [0.2, 0.25) is 5.91 Å². The minimum Gasteiger partial charge on any atom is -0.381 e. The first-order valence-corrected chi connectivity index (χ1v) is 6.62. The number of ether oxygens (including phenoxy) is 1. The highest BCUT2D eigenvalue weighted by Crippen LogP contribution is 2.36. The van der Waals surface area contributed by atoms with Crippen LogP contribution in [0.15, 0.2) is 0 Å². The Morgan fingerprint density at radius 1 is 1.47 bits per heavy atom. The van der Waals surface area contributed by atoms with Gasteiger partial charge in [-0.25, -0.2) is 0 Å². The van der Waals surface area contributed by atoms with Gasteiger partial charge >= 0.3 is 0 Å². The number of likely N-dealkylation sites (tertiary alicyclic amines) is 1. The molecule has 0 bridgehead atoms. The summed E-state index contributed by atoms with van der Waals surface area (Å²) in [6, 6.07) is 0. The van der Waals surface area contributed by atoms with Crippen LogP contribution in [-0.4, -0.2) is 50.2 Å². The van der Waals surface area contributed by atoms with Crippen molar-refractivity contribution in [3.8, 4) is 0 Å². The highest BCUT2D eigenvalue weighted by Gasteiger charge is 2.43. The van der Waals surface area contributed by atoms with Crippen LogP contribution in [0.5, 0.6) is 0 Å². The van der Waals surface area contributed by atoms with E-state index in [1.807, 2.05) is 11.8 Å². The van der Waals surface area contributed by atoms with E-state index in [2.05, 4.69) is 19.2 Å². The lowest BCUT2D eigenvalue weighted by Gasteiger charge is -2.30. The number of hydrogen-bond acceptors (Lipinski definition) is 3. The highest BCUT2D eigenvalue weighted by atomic mass is 16.5. The van der Waals surface area contributed by atoms with Crippen molar-refractivity contribution in [2.24, 2.45) is 17.3 Å². The smallest absolute Gasteiger partial charge is 0.228 e. The number of nitrogens with zero attached hydrogens (tertiary/aromatic N) is 1. The molecule has 2 heterocycles. The van der Waals surface area contributed by atoms with E-state index >= 15 is 0 Å². The first kappa shape index (κ1) is 12.8. The molecule has 2 saturated heterocycles. The predicted molar refractivity (Wildman–Crippen MR) is 66.7 cm³/mol. The van der Waals surface area contributed by atoms with Gasteiger partial charge in [-0.2, -0.15) is 0 Å². The summed E-state index contributed by atoms with van der Waals surface area (Å²) in [6.07, 6.45) is 0. The molecular formula is C13H24N2O2. The fourth-order valence-corrected chi connectivity index (χ4v) is 2.63. The minimum atomic E-state index is 0.183. The number of carbonyl (C=O) groups is 1. The summed E-state index contributed by atoms with van der Waals surface area (Å²) in [4.78, 5) is 14.2. The third kappa shape index (κ3) is 2.63. The van der Waals surface area contributed by atoms with Gasteiger partial charge in [0.05, 0.1) is 12.5 Å². The molecular weight excluding hydrogens is 216 g/mol. The van der Waals surface area contributed by atoms with Gasteiger partial charge in [-0.1, -0.05) is 13.8 Å². The van der Waals surface area contributed by atoms with E-state index in [9.17, 15) is 4.79 Å². The molecule has 0 spiro atoms. The molecule has 1 unspecified atom stereocenters. The Morgan fingerprint density at radius 3 is 2.71 bits per heavy atom. The van der Waals surface area contributed by atoms with Crippen molar-refractivity contribution in [1.82, 2.24) is 10.2 Å². The Bertz CT molecular complexity index is 287. The van der Waals surface area contributed by atoms with Crippen molar-refractivity contribution in [3.05, 3.63) is 0 Å². The second kappa shape index (κ2) is 4.94. The number of carbonyl (C=O) groups excluding carboxylic acids is 1. The molecule has 0 aromatic carbocycles. The van der Waals surface area contributed by atoms with Crippen LogP contribution < -0.4 is 5.32 Å². The molecule has 2 rings (SSSR count). The minimum absolute atomic E-state index is 0.183. The van der Waals surface area contributed by atoms with E-state index in [0.717, 1.165) is 39.4 Å². The van der Waals surface area contributed by atoms with Crippen LogP contribution in [0.1, 0.15) is 20.8 Å². The first-order chi connectivity index (χ1) is 8.04. The largest absolute Gasteiger partial charge is 0.381 e.